The van der Waals surface area contributed by atoms with Gasteiger partial charge in [0.25, 0.3) is 5.56 Å². The van der Waals surface area contributed by atoms with Crippen LogP contribution >= 0.6 is 0 Å². The van der Waals surface area contributed by atoms with E-state index in [0.717, 1.165) is 6.42 Å². The number of carbonyl (C=O) groups excluding carboxylic acids is 2. The van der Waals surface area contributed by atoms with E-state index < -0.39 is 11.8 Å². The van der Waals surface area contributed by atoms with Crippen LogP contribution in [0.25, 0.3) is 0 Å². The molecule has 2 rings (SSSR count). The van der Waals surface area contributed by atoms with Crippen molar-refractivity contribution in [2.24, 2.45) is 11.8 Å². The second-order valence-electron chi connectivity index (χ2n) is 6.23. The lowest BCUT2D eigenvalue weighted by atomic mass is 9.80. The molecule has 2 N–H and O–H groups in total. The van der Waals surface area contributed by atoms with Gasteiger partial charge in [-0.15, -0.1) is 0 Å². The van der Waals surface area contributed by atoms with Crippen LogP contribution in [-0.4, -0.2) is 22.9 Å². The largest absolute Gasteiger partial charge is 0.348 e. The Morgan fingerprint density at radius 2 is 1.96 bits per heavy atom. The van der Waals surface area contributed by atoms with Crippen LogP contribution in [-0.2, 0) is 16.1 Å². The Hall–Kier alpha value is -2.11. The summed E-state index contributed by atoms with van der Waals surface area (Å²) in [6.45, 7) is 5.09. The average molecular weight is 319 g/mol. The molecule has 1 heterocycles. The van der Waals surface area contributed by atoms with E-state index in [1.807, 2.05) is 6.92 Å². The molecule has 2 atom stereocenters. The lowest BCUT2D eigenvalue weighted by molar-refractivity contribution is -0.136. The highest BCUT2D eigenvalue weighted by atomic mass is 16.2. The molecule has 1 aliphatic rings. The molecule has 1 aliphatic carbocycles. The van der Waals surface area contributed by atoms with Crippen LogP contribution in [0.3, 0.4) is 0 Å². The maximum Gasteiger partial charge on any atom is 0.313 e. The van der Waals surface area contributed by atoms with Gasteiger partial charge in [0.15, 0.2) is 0 Å². The van der Waals surface area contributed by atoms with Gasteiger partial charge in [-0.2, -0.15) is 0 Å². The number of nitrogens with one attached hydrogen (secondary N) is 2. The van der Waals surface area contributed by atoms with E-state index in [4.69, 9.17) is 0 Å². The number of aromatic nitrogens is 1. The molecule has 126 valence electrons. The first-order valence-electron chi connectivity index (χ1n) is 8.31. The molecule has 6 heteroatoms. The maximum atomic E-state index is 11.9. The average Bonchev–Trinajstić information content (AvgIpc) is 2.55. The third-order valence-electron chi connectivity index (χ3n) is 4.60. The fourth-order valence-corrected chi connectivity index (χ4v) is 3.04. The highest BCUT2D eigenvalue weighted by molar-refractivity contribution is 6.39. The van der Waals surface area contributed by atoms with Crippen molar-refractivity contribution in [1.29, 1.82) is 0 Å². The molecule has 1 fully saturated rings. The van der Waals surface area contributed by atoms with Gasteiger partial charge in [-0.25, -0.2) is 0 Å². The lowest BCUT2D eigenvalue weighted by Gasteiger charge is -2.28. The number of nitrogens with zero attached hydrogens (tertiary/aromatic N) is 1. The Labute approximate surface area is 136 Å². The number of hydrogen-bond acceptors (Lipinski definition) is 3. The van der Waals surface area contributed by atoms with E-state index in [9.17, 15) is 14.4 Å². The van der Waals surface area contributed by atoms with E-state index in [1.54, 1.807) is 0 Å². The number of amides is 2. The third-order valence-corrected chi connectivity index (χ3v) is 4.60. The molecule has 1 aromatic heterocycles. The zero-order valence-electron chi connectivity index (χ0n) is 13.8. The van der Waals surface area contributed by atoms with Crippen LogP contribution < -0.4 is 16.2 Å². The zero-order chi connectivity index (χ0) is 16.8. The van der Waals surface area contributed by atoms with Crippen molar-refractivity contribution in [3.8, 4) is 0 Å². The predicted octanol–water partition coefficient (Wildman–Crippen LogP) is 1.75. The van der Waals surface area contributed by atoms with Gasteiger partial charge in [-0.05, 0) is 31.2 Å². The highest BCUT2D eigenvalue weighted by Crippen LogP contribution is 2.28. The first-order chi connectivity index (χ1) is 11.0. The van der Waals surface area contributed by atoms with Gasteiger partial charge >= 0.3 is 11.8 Å². The Morgan fingerprint density at radius 3 is 2.65 bits per heavy atom. The molecule has 0 aromatic carbocycles. The van der Waals surface area contributed by atoms with Crippen molar-refractivity contribution < 1.29 is 9.59 Å². The predicted molar refractivity (Wildman–Crippen MR) is 89.1 cm³/mol. The van der Waals surface area contributed by atoms with E-state index >= 15 is 0 Å². The van der Waals surface area contributed by atoms with Crippen LogP contribution in [0.4, 0.5) is 5.69 Å². The quantitative estimate of drug-likeness (QED) is 0.830. The fourth-order valence-electron chi connectivity index (χ4n) is 3.04. The summed E-state index contributed by atoms with van der Waals surface area (Å²) < 4.78 is 1.47. The van der Waals surface area contributed by atoms with Crippen molar-refractivity contribution >= 4 is 17.5 Å². The SMILES string of the molecule is CCn1cc(NC(=O)C(=O)NC[C@@H]2CCCC[C@@H]2C)ccc1=O. The Balaban J connectivity index is 1.87. The highest BCUT2D eigenvalue weighted by Gasteiger charge is 2.23. The molecule has 2 amide bonds. The summed E-state index contributed by atoms with van der Waals surface area (Å²) in [6.07, 6.45) is 6.27. The maximum absolute atomic E-state index is 11.9. The number of anilines is 1. The molecule has 1 aromatic rings. The summed E-state index contributed by atoms with van der Waals surface area (Å²) in [6, 6.07) is 2.88. The zero-order valence-corrected chi connectivity index (χ0v) is 13.8. The number of hydrogen-bond donors (Lipinski definition) is 2. The van der Waals surface area contributed by atoms with Crippen LogP contribution in [0.2, 0.25) is 0 Å². The van der Waals surface area contributed by atoms with Gasteiger partial charge in [0.1, 0.15) is 0 Å². The molecule has 0 aliphatic heterocycles. The number of carbonyl (C=O) groups is 2. The summed E-state index contributed by atoms with van der Waals surface area (Å²) >= 11 is 0. The minimum Gasteiger partial charge on any atom is -0.348 e. The third kappa shape index (κ3) is 4.68. The smallest absolute Gasteiger partial charge is 0.313 e. The molecule has 23 heavy (non-hydrogen) atoms. The van der Waals surface area contributed by atoms with Crippen LogP contribution in [0.1, 0.15) is 39.5 Å². The second-order valence-corrected chi connectivity index (χ2v) is 6.23. The van der Waals surface area contributed by atoms with Gasteiger partial charge in [0, 0.05) is 25.4 Å². The monoisotopic (exact) mass is 319 g/mol. The summed E-state index contributed by atoms with van der Waals surface area (Å²) in [5.41, 5.74) is 0.305. The molecular formula is C17H25N3O3. The van der Waals surface area contributed by atoms with Crippen molar-refractivity contribution in [3.63, 3.8) is 0 Å². The minimum atomic E-state index is -0.699. The van der Waals surface area contributed by atoms with Crippen LogP contribution in [0.5, 0.6) is 0 Å². The summed E-state index contributed by atoms with van der Waals surface area (Å²) in [5.74, 6) is -0.297. The minimum absolute atomic E-state index is 0.138. The van der Waals surface area contributed by atoms with E-state index in [1.165, 1.54) is 42.2 Å². The normalized spacial score (nSPS) is 20.8. The number of aryl methyl sites for hydroxylation is 1. The lowest BCUT2D eigenvalue weighted by Crippen LogP contribution is -2.40. The summed E-state index contributed by atoms with van der Waals surface area (Å²) in [5, 5.41) is 5.26. The molecule has 1 saturated carbocycles. The summed E-state index contributed by atoms with van der Waals surface area (Å²) in [7, 11) is 0. The number of rotatable bonds is 4. The second kappa shape index (κ2) is 7.94. The molecule has 0 spiro atoms. The van der Waals surface area contributed by atoms with Gasteiger partial charge in [-0.1, -0.05) is 26.2 Å². The Morgan fingerprint density at radius 1 is 1.22 bits per heavy atom. The van der Waals surface area contributed by atoms with Crippen LogP contribution in [0, 0.1) is 11.8 Å². The van der Waals surface area contributed by atoms with Crippen molar-refractivity contribution in [1.82, 2.24) is 9.88 Å². The first kappa shape index (κ1) is 17.2. The van der Waals surface area contributed by atoms with Gasteiger partial charge in [-0.3, -0.25) is 14.4 Å². The van der Waals surface area contributed by atoms with Crippen LogP contribution in [0.15, 0.2) is 23.1 Å². The molecule has 0 unspecified atom stereocenters. The molecule has 0 saturated heterocycles. The van der Waals surface area contributed by atoms with Crippen molar-refractivity contribution in [2.45, 2.75) is 46.1 Å². The molecule has 6 nitrogen and oxygen atoms in total. The van der Waals surface area contributed by atoms with Crippen molar-refractivity contribution in [3.05, 3.63) is 28.7 Å². The standard InChI is InChI=1S/C17H25N3O3/c1-3-20-11-14(8-9-15(20)21)19-17(23)16(22)18-10-13-7-5-4-6-12(13)2/h8-9,11-13H,3-7,10H2,1-2H3,(H,18,22)(H,19,23)/t12-,13-/m0/s1. The Kier molecular flexibility index (Phi) is 5.96. The van der Waals surface area contributed by atoms with Gasteiger partial charge in [0.05, 0.1) is 5.69 Å². The van der Waals surface area contributed by atoms with E-state index in [-0.39, 0.29) is 5.56 Å². The van der Waals surface area contributed by atoms with E-state index in [2.05, 4.69) is 17.6 Å². The summed E-state index contributed by atoms with van der Waals surface area (Å²) in [4.78, 5) is 35.4. The van der Waals surface area contributed by atoms with Gasteiger partial charge < -0.3 is 15.2 Å². The topological polar surface area (TPSA) is 80.2 Å². The molecular weight excluding hydrogens is 294 g/mol. The van der Waals surface area contributed by atoms with Crippen molar-refractivity contribution in [2.75, 3.05) is 11.9 Å². The van der Waals surface area contributed by atoms with E-state index in [0.29, 0.717) is 30.6 Å². The Bertz CT molecular complexity index is 624. The first-order valence-corrected chi connectivity index (χ1v) is 8.31. The molecule has 0 bridgehead atoms. The molecule has 0 radical (unpaired) electrons. The number of pyridine rings is 1. The fraction of sp³-hybridized carbons (Fsp3) is 0.588. The van der Waals surface area contributed by atoms with Gasteiger partial charge in [0.2, 0.25) is 0 Å².